The van der Waals surface area contributed by atoms with Crippen molar-refractivity contribution in [1.82, 2.24) is 0 Å². The molecule has 4 nitrogen and oxygen atoms in total. The van der Waals surface area contributed by atoms with Gasteiger partial charge in [-0.15, -0.1) is 0 Å². The molecule has 0 N–H and O–H groups in total. The zero-order valence-corrected chi connectivity index (χ0v) is 41.3. The van der Waals surface area contributed by atoms with Crippen LogP contribution in [0.3, 0.4) is 0 Å². The molecule has 352 valence electrons. The number of anilines is 6. The average Bonchev–Trinajstić information content (AvgIpc) is 4.41. The van der Waals surface area contributed by atoms with E-state index in [0.29, 0.717) is 0 Å². The van der Waals surface area contributed by atoms with Crippen LogP contribution in [0.15, 0.2) is 251 Å². The summed E-state index contributed by atoms with van der Waals surface area (Å²) in [6, 6.07) is 89.1. The van der Waals surface area contributed by atoms with Gasteiger partial charge in [0.05, 0.1) is 28.2 Å². The standard InChI is InChI=1S/C71H46N2O2/c1-43-21-3-15-35-59(43)72(61-37-19-31-53-49-27-11-17-39-65(49)74-69(53)61)63-41-57-67(51-29-7-5-25-47(51)63)68-52-30-8-6-26-48(52)64(42-58(68)71(57)55-33-13-9-23-45(55)46-24-10-14-34-56(46)71)73(60-36-16-4-22-44(60)2)62-38-20-32-54-50-28-12-18-40-66(50)75-70(54)62/h3-42H,1-2H3. The summed E-state index contributed by atoms with van der Waals surface area (Å²) < 4.78 is 13.9. The predicted molar refractivity (Wildman–Crippen MR) is 311 cm³/mol. The Bertz CT molecular complexity index is 4430. The first-order valence-electron chi connectivity index (χ1n) is 25.9. The van der Waals surface area contributed by atoms with Crippen molar-refractivity contribution >= 4 is 99.5 Å². The van der Waals surface area contributed by atoms with Crippen molar-refractivity contribution in [1.29, 1.82) is 0 Å². The second kappa shape index (κ2) is 15.7. The number of aryl methyl sites for hydroxylation is 2. The number of hydrogen-bond acceptors (Lipinski definition) is 4. The Balaban J connectivity index is 1.07. The van der Waals surface area contributed by atoms with E-state index in [1.54, 1.807) is 0 Å². The Morgan fingerprint density at radius 1 is 0.280 bits per heavy atom. The van der Waals surface area contributed by atoms with E-state index in [4.69, 9.17) is 8.83 Å². The van der Waals surface area contributed by atoms with E-state index in [9.17, 15) is 0 Å². The molecular formula is C71H46N2O2. The van der Waals surface area contributed by atoms with Crippen LogP contribution in [0.2, 0.25) is 0 Å². The molecule has 0 unspecified atom stereocenters. The number of rotatable bonds is 6. The maximum absolute atomic E-state index is 6.94. The van der Waals surface area contributed by atoms with Gasteiger partial charge in [0, 0.05) is 43.7 Å². The van der Waals surface area contributed by atoms with Crippen LogP contribution in [0.1, 0.15) is 33.4 Å². The van der Waals surface area contributed by atoms with Gasteiger partial charge in [0.25, 0.3) is 0 Å². The van der Waals surface area contributed by atoms with Crippen LogP contribution in [0.5, 0.6) is 0 Å². The first-order valence-corrected chi connectivity index (χ1v) is 25.9. The quantitative estimate of drug-likeness (QED) is 0.166. The van der Waals surface area contributed by atoms with Crippen molar-refractivity contribution in [3.05, 3.63) is 276 Å². The Morgan fingerprint density at radius 3 is 1.08 bits per heavy atom. The lowest BCUT2D eigenvalue weighted by Crippen LogP contribution is -2.27. The van der Waals surface area contributed by atoms with Crippen molar-refractivity contribution in [2.24, 2.45) is 0 Å². The van der Waals surface area contributed by atoms with Crippen LogP contribution in [-0.2, 0) is 5.41 Å². The summed E-state index contributed by atoms with van der Waals surface area (Å²) in [5.74, 6) is 0. The molecule has 2 aliphatic carbocycles. The normalized spacial score (nSPS) is 13.0. The number of para-hydroxylation sites is 6. The zero-order valence-electron chi connectivity index (χ0n) is 41.3. The second-order valence-corrected chi connectivity index (χ2v) is 20.3. The molecule has 0 saturated heterocycles. The molecule has 75 heavy (non-hydrogen) atoms. The van der Waals surface area contributed by atoms with E-state index in [0.717, 1.165) is 99.9 Å². The summed E-state index contributed by atoms with van der Waals surface area (Å²) in [4.78, 5) is 4.95. The highest BCUT2D eigenvalue weighted by molar-refractivity contribution is 6.21. The fourth-order valence-electron chi connectivity index (χ4n) is 13.4. The van der Waals surface area contributed by atoms with Crippen LogP contribution in [-0.4, -0.2) is 0 Å². The monoisotopic (exact) mass is 958 g/mol. The van der Waals surface area contributed by atoms with E-state index in [1.165, 1.54) is 55.3 Å². The molecule has 12 aromatic carbocycles. The lowest BCUT2D eigenvalue weighted by molar-refractivity contribution is 0.668. The molecular weight excluding hydrogens is 913 g/mol. The second-order valence-electron chi connectivity index (χ2n) is 20.3. The van der Waals surface area contributed by atoms with Crippen LogP contribution in [0.25, 0.3) is 87.7 Å². The topological polar surface area (TPSA) is 32.8 Å². The molecule has 2 aliphatic rings. The largest absolute Gasteiger partial charge is 0.454 e. The minimum absolute atomic E-state index is 0.735. The highest BCUT2D eigenvalue weighted by Crippen LogP contribution is 2.67. The average molecular weight is 959 g/mol. The maximum atomic E-state index is 6.94. The Morgan fingerprint density at radius 2 is 0.627 bits per heavy atom. The molecule has 0 saturated carbocycles. The Labute approximate surface area is 433 Å². The van der Waals surface area contributed by atoms with Gasteiger partial charge < -0.3 is 18.6 Å². The first kappa shape index (κ1) is 41.9. The van der Waals surface area contributed by atoms with Crippen molar-refractivity contribution < 1.29 is 8.83 Å². The first-order chi connectivity index (χ1) is 37.1. The van der Waals surface area contributed by atoms with E-state index >= 15 is 0 Å². The van der Waals surface area contributed by atoms with E-state index in [1.807, 2.05) is 0 Å². The molecule has 14 aromatic rings. The molecule has 4 heteroatoms. The van der Waals surface area contributed by atoms with Crippen molar-refractivity contribution in [3.63, 3.8) is 0 Å². The molecule has 0 fully saturated rings. The summed E-state index contributed by atoms with van der Waals surface area (Å²) >= 11 is 0. The summed E-state index contributed by atoms with van der Waals surface area (Å²) in [5.41, 5.74) is 21.4. The van der Waals surface area contributed by atoms with Crippen LogP contribution in [0, 0.1) is 13.8 Å². The van der Waals surface area contributed by atoms with Gasteiger partial charge in [-0.05, 0) is 129 Å². The van der Waals surface area contributed by atoms with E-state index in [2.05, 4.69) is 266 Å². The summed E-state index contributed by atoms with van der Waals surface area (Å²) in [6.45, 7) is 4.44. The summed E-state index contributed by atoms with van der Waals surface area (Å²) in [6.07, 6.45) is 0. The molecule has 0 bridgehead atoms. The molecule has 1 spiro atoms. The molecule has 2 aromatic heterocycles. The summed E-state index contributed by atoms with van der Waals surface area (Å²) in [7, 11) is 0. The SMILES string of the molecule is Cc1ccccc1N(c1cc2c(c3ccccc13)-c1c(cc(N(c3ccccc3C)c3cccc4c3oc3ccccc34)c3ccccc13)C21c2ccccc2-c2ccccc21)c1cccc2c1oc1ccccc12. The number of furan rings is 2. The predicted octanol–water partition coefficient (Wildman–Crippen LogP) is 19.7. The molecule has 0 amide bonds. The molecule has 16 rings (SSSR count). The van der Waals surface area contributed by atoms with Gasteiger partial charge in [0.15, 0.2) is 11.2 Å². The van der Waals surface area contributed by atoms with Crippen LogP contribution < -0.4 is 9.80 Å². The highest BCUT2D eigenvalue weighted by Gasteiger charge is 2.53. The van der Waals surface area contributed by atoms with E-state index < -0.39 is 5.41 Å². The van der Waals surface area contributed by atoms with Gasteiger partial charge >= 0.3 is 0 Å². The van der Waals surface area contributed by atoms with Crippen LogP contribution >= 0.6 is 0 Å². The Kier molecular flexibility index (Phi) is 8.77. The van der Waals surface area contributed by atoms with Crippen molar-refractivity contribution in [3.8, 4) is 22.3 Å². The fourth-order valence-corrected chi connectivity index (χ4v) is 13.4. The van der Waals surface area contributed by atoms with Gasteiger partial charge in [0.2, 0.25) is 0 Å². The molecule has 0 atom stereocenters. The van der Waals surface area contributed by atoms with Crippen molar-refractivity contribution in [2.45, 2.75) is 19.3 Å². The lowest BCUT2D eigenvalue weighted by Gasteiger charge is -2.34. The van der Waals surface area contributed by atoms with Gasteiger partial charge in [-0.2, -0.15) is 0 Å². The number of benzene rings is 12. The molecule has 0 aliphatic heterocycles. The minimum Gasteiger partial charge on any atom is -0.454 e. The smallest absolute Gasteiger partial charge is 0.159 e. The third kappa shape index (κ3) is 5.66. The lowest BCUT2D eigenvalue weighted by atomic mass is 9.70. The summed E-state index contributed by atoms with van der Waals surface area (Å²) in [5, 5.41) is 9.08. The minimum atomic E-state index is -0.735. The van der Waals surface area contributed by atoms with Gasteiger partial charge in [-0.3, -0.25) is 0 Å². The number of fused-ring (bicyclic) bond motifs is 20. The zero-order chi connectivity index (χ0) is 49.5. The van der Waals surface area contributed by atoms with Gasteiger partial charge in [0.1, 0.15) is 11.2 Å². The third-order valence-corrected chi connectivity index (χ3v) is 16.5. The van der Waals surface area contributed by atoms with Gasteiger partial charge in [-0.25, -0.2) is 0 Å². The van der Waals surface area contributed by atoms with E-state index in [-0.39, 0.29) is 0 Å². The van der Waals surface area contributed by atoms with Gasteiger partial charge in [-0.1, -0.05) is 194 Å². The van der Waals surface area contributed by atoms with Crippen LogP contribution in [0.4, 0.5) is 34.1 Å². The van der Waals surface area contributed by atoms with Crippen molar-refractivity contribution in [2.75, 3.05) is 9.80 Å². The number of hydrogen-bond donors (Lipinski definition) is 0. The maximum Gasteiger partial charge on any atom is 0.159 e. The molecule has 0 radical (unpaired) electrons. The number of nitrogens with zero attached hydrogens (tertiary/aromatic N) is 2. The Hall–Kier alpha value is -9.64. The molecule has 2 heterocycles. The highest BCUT2D eigenvalue weighted by atomic mass is 16.3. The third-order valence-electron chi connectivity index (χ3n) is 16.5. The fraction of sp³-hybridized carbons (Fsp3) is 0.0423.